The lowest BCUT2D eigenvalue weighted by Crippen LogP contribution is -2.42. The van der Waals surface area contributed by atoms with Crippen molar-refractivity contribution in [3.8, 4) is 0 Å². The fourth-order valence-corrected chi connectivity index (χ4v) is 5.11. The number of hydrogen-bond acceptors (Lipinski definition) is 3. The van der Waals surface area contributed by atoms with Gasteiger partial charge in [-0.3, -0.25) is 9.59 Å². The van der Waals surface area contributed by atoms with E-state index < -0.39 is 0 Å². The zero-order chi connectivity index (χ0) is 20.7. The maximum absolute atomic E-state index is 13.5. The van der Waals surface area contributed by atoms with Crippen molar-refractivity contribution in [3.05, 3.63) is 65.2 Å². The summed E-state index contributed by atoms with van der Waals surface area (Å²) in [6, 6.07) is 10.5. The molecule has 1 amide bonds. The Labute approximate surface area is 176 Å². The normalized spacial score (nSPS) is 18.2. The molecule has 5 heteroatoms. The standard InChI is InChI=1S/C25H27N3O2/c1-17-26-12-15-27(17)14-11-23(29)28-13-3-5-20(16-28)25(30)22-10-9-19-8-7-18-4-2-6-21(22)24(18)19/h2,4,6,9-10,12,15,20H,3,5,7-8,11,13-14,16H2,1H3/t20-/m1/s1. The summed E-state index contributed by atoms with van der Waals surface area (Å²) in [5.41, 5.74) is 3.53. The highest BCUT2D eigenvalue weighted by Gasteiger charge is 2.30. The van der Waals surface area contributed by atoms with Crippen molar-refractivity contribution in [3.63, 3.8) is 0 Å². The molecule has 5 rings (SSSR count). The molecule has 0 saturated carbocycles. The van der Waals surface area contributed by atoms with Crippen LogP contribution in [0.25, 0.3) is 10.8 Å². The summed E-state index contributed by atoms with van der Waals surface area (Å²) in [5.74, 6) is 1.12. The van der Waals surface area contributed by atoms with Crippen LogP contribution in [-0.2, 0) is 24.2 Å². The predicted octanol–water partition coefficient (Wildman–Crippen LogP) is 3.95. The lowest BCUT2D eigenvalue weighted by molar-refractivity contribution is -0.132. The molecular weight excluding hydrogens is 374 g/mol. The van der Waals surface area contributed by atoms with Crippen molar-refractivity contribution in [2.24, 2.45) is 5.92 Å². The number of carbonyl (C=O) groups is 2. The first-order valence-electron chi connectivity index (χ1n) is 10.9. The molecule has 30 heavy (non-hydrogen) atoms. The minimum absolute atomic E-state index is 0.115. The highest BCUT2D eigenvalue weighted by Crippen LogP contribution is 2.34. The molecule has 1 saturated heterocycles. The molecule has 2 aliphatic rings. The summed E-state index contributed by atoms with van der Waals surface area (Å²) in [7, 11) is 0. The molecular formula is C25H27N3O2. The molecule has 1 aliphatic heterocycles. The third-order valence-electron chi connectivity index (χ3n) is 6.78. The van der Waals surface area contributed by atoms with E-state index in [0.29, 0.717) is 19.5 Å². The lowest BCUT2D eigenvalue weighted by Gasteiger charge is -2.32. The molecule has 1 aliphatic carbocycles. The Bertz CT molecular complexity index is 1120. The Morgan fingerprint density at radius 3 is 2.77 bits per heavy atom. The number of nitrogens with zero attached hydrogens (tertiary/aromatic N) is 3. The molecule has 2 heterocycles. The van der Waals surface area contributed by atoms with Gasteiger partial charge in [-0.2, -0.15) is 0 Å². The number of carbonyl (C=O) groups excluding carboxylic acids is 2. The molecule has 0 radical (unpaired) electrons. The smallest absolute Gasteiger partial charge is 0.224 e. The number of hydrogen-bond donors (Lipinski definition) is 0. The van der Waals surface area contributed by atoms with Gasteiger partial charge in [0.05, 0.1) is 0 Å². The monoisotopic (exact) mass is 401 g/mol. The molecule has 0 spiro atoms. The van der Waals surface area contributed by atoms with Crippen LogP contribution in [0.15, 0.2) is 42.7 Å². The van der Waals surface area contributed by atoms with Gasteiger partial charge in [0.1, 0.15) is 5.82 Å². The van der Waals surface area contributed by atoms with E-state index in [1.165, 1.54) is 16.5 Å². The average Bonchev–Trinajstić information content (AvgIpc) is 3.39. The van der Waals surface area contributed by atoms with E-state index in [1.54, 1.807) is 6.20 Å². The maximum Gasteiger partial charge on any atom is 0.224 e. The van der Waals surface area contributed by atoms with Gasteiger partial charge in [-0.25, -0.2) is 4.98 Å². The molecule has 5 nitrogen and oxygen atoms in total. The van der Waals surface area contributed by atoms with Crippen molar-refractivity contribution >= 4 is 22.5 Å². The number of Topliss-reactive ketones (excluding diaryl/α,β-unsaturated/α-hetero) is 1. The van der Waals surface area contributed by atoms with Gasteiger partial charge in [0, 0.05) is 49.9 Å². The van der Waals surface area contributed by atoms with Gasteiger partial charge >= 0.3 is 0 Å². The maximum atomic E-state index is 13.5. The number of aromatic nitrogens is 2. The Morgan fingerprint density at radius 1 is 1.13 bits per heavy atom. The number of likely N-dealkylation sites (tertiary alicyclic amines) is 1. The van der Waals surface area contributed by atoms with Crippen LogP contribution < -0.4 is 0 Å². The molecule has 0 unspecified atom stereocenters. The molecule has 3 aromatic rings. The average molecular weight is 402 g/mol. The fourth-order valence-electron chi connectivity index (χ4n) is 5.11. The Morgan fingerprint density at radius 2 is 1.97 bits per heavy atom. The number of aryl methyl sites for hydroxylation is 4. The minimum atomic E-state index is -0.115. The number of amides is 1. The SMILES string of the molecule is Cc1nccn1CCC(=O)N1CCC[C@@H](C(=O)c2ccc3c4c(cccc24)CC3)C1. The van der Waals surface area contributed by atoms with Crippen LogP contribution in [-0.4, -0.2) is 39.2 Å². The van der Waals surface area contributed by atoms with Crippen molar-refractivity contribution in [2.45, 2.75) is 45.6 Å². The van der Waals surface area contributed by atoms with Crippen LogP contribution >= 0.6 is 0 Å². The number of benzene rings is 2. The van der Waals surface area contributed by atoms with Crippen molar-refractivity contribution in [1.29, 1.82) is 0 Å². The van der Waals surface area contributed by atoms with E-state index in [1.807, 2.05) is 28.7 Å². The number of piperidine rings is 1. The Kier molecular flexibility index (Phi) is 4.89. The van der Waals surface area contributed by atoms with Crippen LogP contribution in [0, 0.1) is 12.8 Å². The second-order valence-electron chi connectivity index (χ2n) is 8.57. The molecule has 1 fully saturated rings. The fraction of sp³-hybridized carbons (Fsp3) is 0.400. The molecule has 0 N–H and O–H groups in total. The zero-order valence-electron chi connectivity index (χ0n) is 17.4. The second-order valence-corrected chi connectivity index (χ2v) is 8.57. The third kappa shape index (κ3) is 3.32. The molecule has 1 aromatic heterocycles. The first kappa shape index (κ1) is 19.0. The van der Waals surface area contributed by atoms with Crippen LogP contribution in [0.2, 0.25) is 0 Å². The van der Waals surface area contributed by atoms with Crippen LogP contribution in [0.4, 0.5) is 0 Å². The highest BCUT2D eigenvalue weighted by molar-refractivity contribution is 6.11. The van der Waals surface area contributed by atoms with E-state index in [0.717, 1.165) is 49.0 Å². The first-order valence-corrected chi connectivity index (χ1v) is 10.9. The highest BCUT2D eigenvalue weighted by atomic mass is 16.2. The van der Waals surface area contributed by atoms with Gasteiger partial charge in [-0.15, -0.1) is 0 Å². The summed E-state index contributed by atoms with van der Waals surface area (Å²) in [6.07, 6.45) is 7.96. The number of imidazole rings is 1. The van der Waals surface area contributed by atoms with Crippen molar-refractivity contribution < 1.29 is 9.59 Å². The van der Waals surface area contributed by atoms with Crippen LogP contribution in [0.3, 0.4) is 0 Å². The summed E-state index contributed by atoms with van der Waals surface area (Å²) in [5, 5.41) is 2.37. The zero-order valence-corrected chi connectivity index (χ0v) is 17.4. The molecule has 2 aromatic carbocycles. The van der Waals surface area contributed by atoms with Gasteiger partial charge in [0.25, 0.3) is 0 Å². The van der Waals surface area contributed by atoms with E-state index in [4.69, 9.17) is 0 Å². The summed E-state index contributed by atoms with van der Waals surface area (Å²) in [4.78, 5) is 32.4. The van der Waals surface area contributed by atoms with Crippen molar-refractivity contribution in [1.82, 2.24) is 14.5 Å². The summed E-state index contributed by atoms with van der Waals surface area (Å²) >= 11 is 0. The van der Waals surface area contributed by atoms with Crippen molar-refractivity contribution in [2.75, 3.05) is 13.1 Å². The largest absolute Gasteiger partial charge is 0.342 e. The van der Waals surface area contributed by atoms with E-state index in [9.17, 15) is 9.59 Å². The minimum Gasteiger partial charge on any atom is -0.342 e. The molecule has 1 atom stereocenters. The lowest BCUT2D eigenvalue weighted by atomic mass is 9.87. The quantitative estimate of drug-likeness (QED) is 0.608. The van der Waals surface area contributed by atoms with Gasteiger partial charge in [-0.1, -0.05) is 30.3 Å². The van der Waals surface area contributed by atoms with Crippen LogP contribution in [0.5, 0.6) is 0 Å². The van der Waals surface area contributed by atoms with E-state index >= 15 is 0 Å². The Balaban J connectivity index is 1.32. The molecule has 154 valence electrons. The van der Waals surface area contributed by atoms with Crippen LogP contribution in [0.1, 0.15) is 46.6 Å². The van der Waals surface area contributed by atoms with E-state index in [2.05, 4.69) is 29.2 Å². The summed E-state index contributed by atoms with van der Waals surface area (Å²) in [6.45, 7) is 3.85. The predicted molar refractivity (Wildman–Crippen MR) is 117 cm³/mol. The van der Waals surface area contributed by atoms with E-state index in [-0.39, 0.29) is 17.6 Å². The number of ketones is 1. The topological polar surface area (TPSA) is 55.2 Å². The molecule has 0 bridgehead atoms. The summed E-state index contributed by atoms with van der Waals surface area (Å²) < 4.78 is 2.00. The Hall–Kier alpha value is -2.95. The second kappa shape index (κ2) is 7.71. The number of rotatable bonds is 5. The van der Waals surface area contributed by atoms with Gasteiger partial charge in [-0.05, 0) is 54.5 Å². The van der Waals surface area contributed by atoms with Gasteiger partial charge in [0.15, 0.2) is 5.78 Å². The van der Waals surface area contributed by atoms with Gasteiger partial charge in [0.2, 0.25) is 5.91 Å². The first-order chi connectivity index (χ1) is 14.6. The van der Waals surface area contributed by atoms with Gasteiger partial charge < -0.3 is 9.47 Å². The third-order valence-corrected chi connectivity index (χ3v) is 6.78.